The molecular formula is C22H16F4N4O2. The molecule has 6 nitrogen and oxygen atoms in total. The highest BCUT2D eigenvalue weighted by Gasteiger charge is 2.33. The molecule has 0 atom stereocenters. The van der Waals surface area contributed by atoms with Gasteiger partial charge in [-0.2, -0.15) is 13.2 Å². The molecular weight excluding hydrogens is 428 g/mol. The van der Waals surface area contributed by atoms with Crippen LogP contribution in [0.1, 0.15) is 11.1 Å². The first-order chi connectivity index (χ1) is 15.2. The number of halogens is 4. The molecule has 164 valence electrons. The lowest BCUT2D eigenvalue weighted by Crippen LogP contribution is -2.15. The van der Waals surface area contributed by atoms with E-state index in [1.165, 1.54) is 6.33 Å². The fourth-order valence-electron chi connectivity index (χ4n) is 3.14. The minimum atomic E-state index is -4.78. The van der Waals surface area contributed by atoms with Crippen molar-refractivity contribution in [1.29, 1.82) is 0 Å². The van der Waals surface area contributed by atoms with Crippen LogP contribution >= 0.6 is 0 Å². The van der Waals surface area contributed by atoms with E-state index in [2.05, 4.69) is 15.3 Å². The highest BCUT2D eigenvalue weighted by molar-refractivity contribution is 5.92. The predicted molar refractivity (Wildman–Crippen MR) is 109 cm³/mol. The van der Waals surface area contributed by atoms with Crippen LogP contribution in [0, 0.1) is 5.82 Å². The molecule has 32 heavy (non-hydrogen) atoms. The molecule has 0 unspecified atom stereocenters. The molecule has 1 amide bonds. The number of fused-ring (bicyclic) bond motifs is 1. The van der Waals surface area contributed by atoms with Crippen molar-refractivity contribution < 1.29 is 27.1 Å². The number of ether oxygens (including phenoxy) is 1. The van der Waals surface area contributed by atoms with Crippen LogP contribution in [0.4, 0.5) is 23.2 Å². The molecule has 0 spiro atoms. The topological polar surface area (TPSA) is 69.0 Å². The number of nitrogens with one attached hydrogen (secondary N) is 1. The zero-order chi connectivity index (χ0) is 22.9. The van der Waals surface area contributed by atoms with Crippen molar-refractivity contribution in [3.63, 3.8) is 0 Å². The van der Waals surface area contributed by atoms with E-state index in [4.69, 9.17) is 4.74 Å². The quantitative estimate of drug-likeness (QED) is 0.435. The Morgan fingerprint density at radius 1 is 1.09 bits per heavy atom. The van der Waals surface area contributed by atoms with Crippen molar-refractivity contribution in [2.45, 2.75) is 12.6 Å². The third-order valence-corrected chi connectivity index (χ3v) is 4.68. The fraction of sp³-hybridized carbons (Fsp3) is 0.136. The van der Waals surface area contributed by atoms with Crippen LogP contribution in [0.5, 0.6) is 11.6 Å². The molecule has 2 aromatic heterocycles. The molecule has 0 aliphatic carbocycles. The van der Waals surface area contributed by atoms with Crippen LogP contribution in [-0.2, 0) is 24.4 Å². The van der Waals surface area contributed by atoms with Gasteiger partial charge in [0.1, 0.15) is 23.5 Å². The number of aromatic nitrogens is 3. The number of hydrogen-bond acceptors (Lipinski definition) is 4. The summed E-state index contributed by atoms with van der Waals surface area (Å²) in [6, 6.07) is 10.7. The molecule has 0 saturated carbocycles. The highest BCUT2D eigenvalue weighted by Crippen LogP contribution is 2.32. The van der Waals surface area contributed by atoms with Crippen molar-refractivity contribution in [3.8, 4) is 11.6 Å². The van der Waals surface area contributed by atoms with Crippen LogP contribution in [0.15, 0.2) is 61.1 Å². The molecule has 0 aliphatic heterocycles. The smallest absolute Gasteiger partial charge is 0.419 e. The Morgan fingerprint density at radius 2 is 1.84 bits per heavy atom. The second-order valence-electron chi connectivity index (χ2n) is 7.01. The summed E-state index contributed by atoms with van der Waals surface area (Å²) in [6.07, 6.45) is -1.82. The van der Waals surface area contributed by atoms with Crippen LogP contribution in [0.25, 0.3) is 11.0 Å². The molecule has 0 bridgehead atoms. The lowest BCUT2D eigenvalue weighted by molar-refractivity contribution is -0.140. The molecule has 2 aromatic carbocycles. The first-order valence-corrected chi connectivity index (χ1v) is 9.40. The van der Waals surface area contributed by atoms with Crippen LogP contribution < -0.4 is 10.1 Å². The number of aryl methyl sites for hydroxylation is 1. The van der Waals surface area contributed by atoms with Gasteiger partial charge < -0.3 is 14.6 Å². The zero-order valence-electron chi connectivity index (χ0n) is 16.7. The number of carbonyl (C=O) groups excluding carboxylic acids is 1. The van der Waals surface area contributed by atoms with Gasteiger partial charge in [-0.25, -0.2) is 14.4 Å². The maximum Gasteiger partial charge on any atom is 0.419 e. The Kier molecular flexibility index (Phi) is 5.52. The maximum absolute atomic E-state index is 13.7. The number of carbonyl (C=O) groups is 1. The minimum absolute atomic E-state index is 0.128. The summed E-state index contributed by atoms with van der Waals surface area (Å²) in [4.78, 5) is 20.5. The van der Waals surface area contributed by atoms with Gasteiger partial charge >= 0.3 is 6.18 Å². The lowest BCUT2D eigenvalue weighted by atomic mass is 10.1. The van der Waals surface area contributed by atoms with Crippen LogP contribution in [0.2, 0.25) is 0 Å². The first kappa shape index (κ1) is 21.3. The van der Waals surface area contributed by atoms with Crippen molar-refractivity contribution in [2.75, 3.05) is 5.32 Å². The van der Waals surface area contributed by atoms with E-state index in [0.29, 0.717) is 29.4 Å². The molecule has 10 heteroatoms. The molecule has 2 heterocycles. The molecule has 4 aromatic rings. The van der Waals surface area contributed by atoms with Gasteiger partial charge in [0.2, 0.25) is 11.8 Å². The molecule has 4 rings (SSSR count). The molecule has 0 radical (unpaired) electrons. The van der Waals surface area contributed by atoms with Gasteiger partial charge in [0.05, 0.1) is 17.4 Å². The number of amides is 1. The summed E-state index contributed by atoms with van der Waals surface area (Å²) < 4.78 is 59.2. The average molecular weight is 444 g/mol. The Hall–Kier alpha value is -3.95. The van der Waals surface area contributed by atoms with E-state index in [1.54, 1.807) is 24.3 Å². The van der Waals surface area contributed by atoms with E-state index in [9.17, 15) is 22.4 Å². The van der Waals surface area contributed by atoms with Crippen LogP contribution in [0.3, 0.4) is 0 Å². The number of nitrogens with zero attached hydrogens (tertiary/aromatic N) is 3. The van der Waals surface area contributed by atoms with E-state index in [-0.39, 0.29) is 12.0 Å². The number of hydrogen-bond donors (Lipinski definition) is 1. The maximum atomic E-state index is 13.7. The van der Waals surface area contributed by atoms with Gasteiger partial charge in [-0.3, -0.25) is 4.79 Å². The molecule has 0 aliphatic rings. The second-order valence-corrected chi connectivity index (χ2v) is 7.01. The summed E-state index contributed by atoms with van der Waals surface area (Å²) in [7, 11) is 1.86. The van der Waals surface area contributed by atoms with E-state index >= 15 is 0 Å². The van der Waals surface area contributed by atoms with Crippen LogP contribution in [-0.4, -0.2) is 20.4 Å². The van der Waals surface area contributed by atoms with Gasteiger partial charge in [0, 0.05) is 18.9 Å². The van der Waals surface area contributed by atoms with Gasteiger partial charge in [-0.15, -0.1) is 0 Å². The van der Waals surface area contributed by atoms with Crippen molar-refractivity contribution in [2.24, 2.45) is 7.05 Å². The van der Waals surface area contributed by atoms with Crippen molar-refractivity contribution >= 4 is 22.6 Å². The van der Waals surface area contributed by atoms with Crippen molar-refractivity contribution in [1.82, 2.24) is 14.5 Å². The predicted octanol–water partition coefficient (Wildman–Crippen LogP) is 5.10. The Morgan fingerprint density at radius 3 is 2.53 bits per heavy atom. The number of alkyl halides is 3. The van der Waals surface area contributed by atoms with E-state index in [1.807, 2.05) is 23.9 Å². The third-order valence-electron chi connectivity index (χ3n) is 4.68. The summed E-state index contributed by atoms with van der Waals surface area (Å²) in [5, 5.41) is 3.36. The molecule has 0 fully saturated rings. The average Bonchev–Trinajstić information content (AvgIpc) is 3.10. The van der Waals surface area contributed by atoms with Gasteiger partial charge in [0.25, 0.3) is 0 Å². The Bertz CT molecular complexity index is 1280. The minimum Gasteiger partial charge on any atom is -0.438 e. The third kappa shape index (κ3) is 4.53. The monoisotopic (exact) mass is 444 g/mol. The number of benzene rings is 2. The van der Waals surface area contributed by atoms with E-state index in [0.717, 1.165) is 17.1 Å². The fourth-order valence-corrected chi connectivity index (χ4v) is 3.14. The largest absolute Gasteiger partial charge is 0.438 e. The second kappa shape index (κ2) is 8.29. The standard InChI is InChI=1S/C22H16F4N4O2/c1-30-9-8-16-20(30)27-12-28-21(16)32-15-5-3-14(4-6-15)29-19(31)11-13-2-7-17(18(23)10-13)22(24,25)26/h2-10,12H,11H2,1H3,(H,29,31). The SMILES string of the molecule is Cn1ccc2c(Oc3ccc(NC(=O)Cc4ccc(C(F)(F)F)c(F)c4)cc3)ncnc21. The Balaban J connectivity index is 1.40. The summed E-state index contributed by atoms with van der Waals surface area (Å²) in [6.45, 7) is 0. The Labute approximate surface area is 179 Å². The van der Waals surface area contributed by atoms with Gasteiger partial charge in [0.15, 0.2) is 0 Å². The van der Waals surface area contributed by atoms with E-state index < -0.39 is 23.5 Å². The number of rotatable bonds is 5. The number of anilines is 1. The molecule has 0 saturated heterocycles. The normalized spacial score (nSPS) is 11.5. The van der Waals surface area contributed by atoms with Crippen molar-refractivity contribution in [3.05, 3.63) is 78.0 Å². The highest BCUT2D eigenvalue weighted by atomic mass is 19.4. The summed E-state index contributed by atoms with van der Waals surface area (Å²) in [5.74, 6) is -1.05. The van der Waals surface area contributed by atoms with Gasteiger partial charge in [-0.1, -0.05) is 6.07 Å². The lowest BCUT2D eigenvalue weighted by Gasteiger charge is -2.10. The molecule has 1 N–H and O–H groups in total. The summed E-state index contributed by atoms with van der Waals surface area (Å²) in [5.41, 5.74) is -0.0711. The van der Waals surface area contributed by atoms with Gasteiger partial charge in [-0.05, 0) is 48.0 Å². The first-order valence-electron chi connectivity index (χ1n) is 9.40. The summed E-state index contributed by atoms with van der Waals surface area (Å²) >= 11 is 0. The zero-order valence-corrected chi connectivity index (χ0v) is 16.7.